The van der Waals surface area contributed by atoms with Gasteiger partial charge in [-0.2, -0.15) is 18.4 Å². The summed E-state index contributed by atoms with van der Waals surface area (Å²) in [6.45, 7) is 3.99. The molecule has 0 bridgehead atoms. The van der Waals surface area contributed by atoms with Crippen LogP contribution in [0.1, 0.15) is 36.6 Å². The van der Waals surface area contributed by atoms with Gasteiger partial charge in [-0.1, -0.05) is 24.3 Å². The van der Waals surface area contributed by atoms with Crippen LogP contribution in [0.4, 0.5) is 24.5 Å². The smallest absolute Gasteiger partial charge is 0.383 e. The zero-order valence-electron chi connectivity index (χ0n) is 18.9. The second-order valence-corrected chi connectivity index (χ2v) is 8.21. The molecule has 0 amide bonds. The van der Waals surface area contributed by atoms with E-state index < -0.39 is 11.7 Å². The van der Waals surface area contributed by atoms with Gasteiger partial charge in [0, 0.05) is 37.1 Å². The van der Waals surface area contributed by atoms with Crippen molar-refractivity contribution < 1.29 is 13.2 Å². The first kappa shape index (κ1) is 23.4. The van der Waals surface area contributed by atoms with Gasteiger partial charge in [0.05, 0.1) is 35.4 Å². The molecule has 0 aliphatic heterocycles. The molecular formula is C26H26F3N5. The molecule has 1 aromatic heterocycles. The number of aromatic nitrogens is 2. The predicted molar refractivity (Wildman–Crippen MR) is 127 cm³/mol. The van der Waals surface area contributed by atoms with Crippen molar-refractivity contribution in [1.29, 1.82) is 5.26 Å². The van der Waals surface area contributed by atoms with Gasteiger partial charge in [0.25, 0.3) is 0 Å². The number of halogens is 3. The largest absolute Gasteiger partial charge is 0.417 e. The average molecular weight is 466 g/mol. The zero-order valence-corrected chi connectivity index (χ0v) is 18.9. The van der Waals surface area contributed by atoms with Crippen molar-refractivity contribution in [3.8, 4) is 6.07 Å². The van der Waals surface area contributed by atoms with Gasteiger partial charge >= 0.3 is 6.18 Å². The van der Waals surface area contributed by atoms with Gasteiger partial charge in [0.15, 0.2) is 0 Å². The van der Waals surface area contributed by atoms with Crippen molar-refractivity contribution in [2.75, 3.05) is 23.3 Å². The first-order valence-electron chi connectivity index (χ1n) is 11.3. The molecule has 34 heavy (non-hydrogen) atoms. The van der Waals surface area contributed by atoms with Gasteiger partial charge < -0.3 is 14.8 Å². The third kappa shape index (κ3) is 5.09. The SMILES string of the molecule is CCN(c1ccc(C#N)c(C(F)(F)F)c1)C1CC=C(c2cncn2CCNc2ccccc2)C1. The number of nitrogens with zero attached hydrogens (tertiary/aromatic N) is 4. The number of nitrogens with one attached hydrogen (secondary N) is 1. The van der Waals surface area contributed by atoms with Crippen LogP contribution in [0.15, 0.2) is 67.1 Å². The minimum absolute atomic E-state index is 0.0415. The maximum atomic E-state index is 13.5. The number of hydrogen-bond acceptors (Lipinski definition) is 4. The molecule has 0 saturated carbocycles. The number of alkyl halides is 3. The molecule has 1 aliphatic carbocycles. The summed E-state index contributed by atoms with van der Waals surface area (Å²) in [4.78, 5) is 6.31. The van der Waals surface area contributed by atoms with E-state index in [1.54, 1.807) is 12.1 Å². The Bertz CT molecular complexity index is 1190. The molecule has 0 saturated heterocycles. The number of imidazole rings is 1. The van der Waals surface area contributed by atoms with E-state index in [0.717, 1.165) is 42.5 Å². The van der Waals surface area contributed by atoms with Gasteiger partial charge in [-0.05, 0) is 55.7 Å². The highest BCUT2D eigenvalue weighted by molar-refractivity contribution is 5.67. The first-order valence-corrected chi connectivity index (χ1v) is 11.3. The Kier molecular flexibility index (Phi) is 6.92. The fourth-order valence-electron chi connectivity index (χ4n) is 4.48. The van der Waals surface area contributed by atoms with Crippen molar-refractivity contribution in [2.24, 2.45) is 0 Å². The Balaban J connectivity index is 1.45. The molecule has 2 aromatic carbocycles. The maximum Gasteiger partial charge on any atom is 0.417 e. The maximum absolute atomic E-state index is 13.5. The van der Waals surface area contributed by atoms with E-state index in [1.807, 2.05) is 54.7 Å². The summed E-state index contributed by atoms with van der Waals surface area (Å²) in [7, 11) is 0. The fourth-order valence-corrected chi connectivity index (χ4v) is 4.48. The number of anilines is 2. The molecule has 3 aromatic rings. The molecule has 1 N–H and O–H groups in total. The molecule has 176 valence electrons. The fraction of sp³-hybridized carbons (Fsp3) is 0.308. The number of hydrogen-bond donors (Lipinski definition) is 1. The van der Waals surface area contributed by atoms with E-state index in [2.05, 4.69) is 20.9 Å². The van der Waals surface area contributed by atoms with E-state index in [-0.39, 0.29) is 11.6 Å². The summed E-state index contributed by atoms with van der Waals surface area (Å²) in [5.74, 6) is 0. The molecule has 5 nitrogen and oxygen atoms in total. The summed E-state index contributed by atoms with van der Waals surface area (Å²) in [5.41, 5.74) is 2.47. The minimum Gasteiger partial charge on any atom is -0.383 e. The molecule has 0 radical (unpaired) electrons. The summed E-state index contributed by atoms with van der Waals surface area (Å²) in [5, 5.41) is 12.5. The Morgan fingerprint density at radius 1 is 1.21 bits per heavy atom. The minimum atomic E-state index is -4.57. The van der Waals surface area contributed by atoms with Crippen LogP contribution in [0.25, 0.3) is 5.57 Å². The van der Waals surface area contributed by atoms with E-state index in [9.17, 15) is 13.2 Å². The van der Waals surface area contributed by atoms with Crippen LogP contribution in [0, 0.1) is 11.3 Å². The highest BCUT2D eigenvalue weighted by atomic mass is 19.4. The number of nitriles is 1. The van der Waals surface area contributed by atoms with Gasteiger partial charge in [-0.15, -0.1) is 0 Å². The lowest BCUT2D eigenvalue weighted by molar-refractivity contribution is -0.137. The van der Waals surface area contributed by atoms with Crippen LogP contribution in [-0.2, 0) is 12.7 Å². The molecule has 0 spiro atoms. The summed E-state index contributed by atoms with van der Waals surface area (Å²) >= 11 is 0. The molecule has 1 unspecified atom stereocenters. The predicted octanol–water partition coefficient (Wildman–Crippen LogP) is 5.96. The molecule has 1 heterocycles. The van der Waals surface area contributed by atoms with Gasteiger partial charge in [0.1, 0.15) is 0 Å². The molecule has 0 fully saturated rings. The molecule has 1 atom stereocenters. The quantitative estimate of drug-likeness (QED) is 0.446. The Morgan fingerprint density at radius 2 is 2.00 bits per heavy atom. The molecule has 4 rings (SSSR count). The monoisotopic (exact) mass is 465 g/mol. The van der Waals surface area contributed by atoms with Crippen molar-refractivity contribution in [3.05, 3.63) is 84.0 Å². The lowest BCUT2D eigenvalue weighted by atomic mass is 10.0. The molecular weight excluding hydrogens is 439 g/mol. The van der Waals surface area contributed by atoms with Crippen LogP contribution in [0.3, 0.4) is 0 Å². The van der Waals surface area contributed by atoms with E-state index in [4.69, 9.17) is 5.26 Å². The lowest BCUT2D eigenvalue weighted by Gasteiger charge is -2.31. The molecule has 1 aliphatic rings. The van der Waals surface area contributed by atoms with Crippen molar-refractivity contribution in [3.63, 3.8) is 0 Å². The lowest BCUT2D eigenvalue weighted by Crippen LogP contribution is -2.33. The summed E-state index contributed by atoms with van der Waals surface area (Å²) in [6, 6.07) is 15.6. The first-order chi connectivity index (χ1) is 16.4. The van der Waals surface area contributed by atoms with Crippen LogP contribution in [-0.4, -0.2) is 28.7 Å². The zero-order chi connectivity index (χ0) is 24.1. The third-order valence-electron chi connectivity index (χ3n) is 6.13. The third-order valence-corrected chi connectivity index (χ3v) is 6.13. The Hall–Kier alpha value is -3.73. The van der Waals surface area contributed by atoms with Gasteiger partial charge in [0.2, 0.25) is 0 Å². The van der Waals surface area contributed by atoms with Crippen LogP contribution < -0.4 is 10.2 Å². The standard InChI is InChI=1S/C26H26F3N5/c1-2-34(23-11-9-20(16-30)24(15-23)26(27,28)29)22-10-8-19(14-22)25-17-31-18-33(25)13-12-32-21-6-4-3-5-7-21/h3-9,11,15,17-18,22,32H,2,10,12-14H2,1H3. The Labute approximate surface area is 197 Å². The second kappa shape index (κ2) is 10.0. The van der Waals surface area contributed by atoms with Crippen molar-refractivity contribution >= 4 is 16.9 Å². The van der Waals surface area contributed by atoms with Crippen molar-refractivity contribution in [2.45, 2.75) is 38.5 Å². The average Bonchev–Trinajstić information content (AvgIpc) is 3.49. The summed E-state index contributed by atoms with van der Waals surface area (Å²) < 4.78 is 42.5. The van der Waals surface area contributed by atoms with Gasteiger partial charge in [-0.25, -0.2) is 4.98 Å². The topological polar surface area (TPSA) is 56.9 Å². The van der Waals surface area contributed by atoms with Crippen LogP contribution in [0.5, 0.6) is 0 Å². The van der Waals surface area contributed by atoms with Crippen LogP contribution in [0.2, 0.25) is 0 Å². The van der Waals surface area contributed by atoms with E-state index >= 15 is 0 Å². The highest BCUT2D eigenvalue weighted by Crippen LogP contribution is 2.37. The Morgan fingerprint density at radius 3 is 2.71 bits per heavy atom. The van der Waals surface area contributed by atoms with Crippen molar-refractivity contribution in [1.82, 2.24) is 9.55 Å². The second-order valence-electron chi connectivity index (χ2n) is 8.21. The van der Waals surface area contributed by atoms with E-state index in [0.29, 0.717) is 18.7 Å². The molecule has 8 heteroatoms. The van der Waals surface area contributed by atoms with Crippen LogP contribution >= 0.6 is 0 Å². The number of rotatable bonds is 8. The van der Waals surface area contributed by atoms with E-state index in [1.165, 1.54) is 6.07 Å². The number of para-hydroxylation sites is 1. The normalized spacial score (nSPS) is 15.6. The number of benzene rings is 2. The highest BCUT2D eigenvalue weighted by Gasteiger charge is 2.35. The van der Waals surface area contributed by atoms with Gasteiger partial charge in [-0.3, -0.25) is 0 Å². The summed E-state index contributed by atoms with van der Waals surface area (Å²) in [6.07, 6.45) is 2.69.